The predicted molar refractivity (Wildman–Crippen MR) is 53.5 cm³/mol. The van der Waals surface area contributed by atoms with Crippen LogP contribution in [0.4, 0.5) is 0 Å². The lowest BCUT2D eigenvalue weighted by Crippen LogP contribution is -2.19. The lowest BCUT2D eigenvalue weighted by Gasteiger charge is -2.03. The number of rotatable bonds is 1. The number of nitrogens with zero attached hydrogens (tertiary/aromatic N) is 1. The van der Waals surface area contributed by atoms with Crippen molar-refractivity contribution in [1.29, 1.82) is 5.26 Å². The Labute approximate surface area is 78.3 Å². The Kier molecular flexibility index (Phi) is 5.20. The molecule has 0 unspecified atom stereocenters. The molecule has 1 rings (SSSR count). The number of hydrogen-bond donors (Lipinski definition) is 2. The highest BCUT2D eigenvalue weighted by Crippen LogP contribution is 2.07. The summed E-state index contributed by atoms with van der Waals surface area (Å²) in [6.07, 6.45) is -0.497. The molecule has 1 aromatic carbocycles. The molecule has 0 atom stereocenters. The van der Waals surface area contributed by atoms with Gasteiger partial charge in [-0.2, -0.15) is 5.26 Å². The summed E-state index contributed by atoms with van der Waals surface area (Å²) in [7, 11) is 0. The zero-order valence-electron chi connectivity index (χ0n) is 7.40. The zero-order chi connectivity index (χ0) is 10.3. The van der Waals surface area contributed by atoms with Crippen LogP contribution in [0.3, 0.4) is 0 Å². The lowest BCUT2D eigenvalue weighted by atomic mass is 10.1. The first-order valence-electron chi connectivity index (χ1n) is 3.75. The summed E-state index contributed by atoms with van der Waals surface area (Å²) >= 11 is 0. The van der Waals surface area contributed by atoms with Crippen LogP contribution in [-0.2, 0) is 0 Å². The molecule has 3 nitrogen and oxygen atoms in total. The highest BCUT2D eigenvalue weighted by atomic mass is 14.8. The van der Waals surface area contributed by atoms with Crippen LogP contribution >= 0.6 is 0 Å². The van der Waals surface area contributed by atoms with Crippen LogP contribution in [0.1, 0.15) is 17.3 Å². The van der Waals surface area contributed by atoms with Crippen LogP contribution < -0.4 is 11.5 Å². The van der Waals surface area contributed by atoms with Crippen molar-refractivity contribution in [1.82, 2.24) is 0 Å². The average Bonchev–Trinajstić information content (AvgIpc) is 2.21. The third-order valence-corrected chi connectivity index (χ3v) is 1.40. The van der Waals surface area contributed by atoms with Gasteiger partial charge in [-0.1, -0.05) is 12.1 Å². The molecule has 0 aliphatic rings. The van der Waals surface area contributed by atoms with E-state index in [4.69, 9.17) is 16.7 Å². The standard InChI is InChI=1S/C8H9N3.C2H4/c9-5-6-2-1-3-7(4-6)8(10)11;1-2/h1-4,8H,10-11H2;1-2H2. The Morgan fingerprint density at radius 3 is 2.38 bits per heavy atom. The van der Waals surface area contributed by atoms with Gasteiger partial charge in [0.15, 0.2) is 0 Å². The maximum atomic E-state index is 8.51. The molecule has 0 aromatic heterocycles. The van der Waals surface area contributed by atoms with Crippen LogP contribution in [0.5, 0.6) is 0 Å². The van der Waals surface area contributed by atoms with E-state index in [1.807, 2.05) is 6.07 Å². The third-order valence-electron chi connectivity index (χ3n) is 1.40. The first kappa shape index (κ1) is 11.4. The maximum Gasteiger partial charge on any atom is 0.0991 e. The average molecular weight is 175 g/mol. The van der Waals surface area contributed by atoms with Gasteiger partial charge in [0.1, 0.15) is 0 Å². The van der Waals surface area contributed by atoms with E-state index in [0.717, 1.165) is 5.56 Å². The first-order chi connectivity index (χ1) is 6.24. The second-order valence-corrected chi connectivity index (χ2v) is 2.26. The van der Waals surface area contributed by atoms with Crippen molar-refractivity contribution in [2.24, 2.45) is 11.5 Å². The maximum absolute atomic E-state index is 8.51. The normalized spacial score (nSPS) is 8.46. The minimum atomic E-state index is -0.497. The number of nitrogens with two attached hydrogens (primary N) is 2. The lowest BCUT2D eigenvalue weighted by molar-refractivity contribution is 0.773. The van der Waals surface area contributed by atoms with Gasteiger partial charge >= 0.3 is 0 Å². The van der Waals surface area contributed by atoms with Gasteiger partial charge in [0.2, 0.25) is 0 Å². The van der Waals surface area contributed by atoms with Crippen molar-refractivity contribution in [2.75, 3.05) is 0 Å². The van der Waals surface area contributed by atoms with Gasteiger partial charge in [-0.05, 0) is 17.7 Å². The fourth-order valence-corrected chi connectivity index (χ4v) is 0.816. The van der Waals surface area contributed by atoms with Crippen molar-refractivity contribution < 1.29 is 0 Å². The summed E-state index contributed by atoms with van der Waals surface area (Å²) < 4.78 is 0. The summed E-state index contributed by atoms with van der Waals surface area (Å²) in [5, 5.41) is 8.51. The summed E-state index contributed by atoms with van der Waals surface area (Å²) in [4.78, 5) is 0. The molecule has 0 radical (unpaired) electrons. The van der Waals surface area contributed by atoms with Gasteiger partial charge in [-0.3, -0.25) is 0 Å². The van der Waals surface area contributed by atoms with Crippen LogP contribution in [0.15, 0.2) is 37.4 Å². The highest BCUT2D eigenvalue weighted by molar-refractivity contribution is 5.33. The second-order valence-electron chi connectivity index (χ2n) is 2.26. The molecule has 3 heteroatoms. The number of benzene rings is 1. The zero-order valence-corrected chi connectivity index (χ0v) is 7.40. The van der Waals surface area contributed by atoms with E-state index in [9.17, 15) is 0 Å². The van der Waals surface area contributed by atoms with E-state index in [1.54, 1.807) is 24.3 Å². The van der Waals surface area contributed by atoms with Gasteiger partial charge in [0.25, 0.3) is 0 Å². The van der Waals surface area contributed by atoms with Crippen LogP contribution in [0, 0.1) is 11.3 Å². The molecule has 0 aliphatic carbocycles. The van der Waals surface area contributed by atoms with Crippen LogP contribution in [0.25, 0.3) is 0 Å². The molecule has 0 bridgehead atoms. The highest BCUT2D eigenvalue weighted by Gasteiger charge is 1.98. The molecule has 0 saturated heterocycles. The van der Waals surface area contributed by atoms with Gasteiger partial charge in [0, 0.05) is 0 Å². The topological polar surface area (TPSA) is 75.8 Å². The molecule has 0 aliphatic heterocycles. The number of hydrogen-bond acceptors (Lipinski definition) is 3. The van der Waals surface area contributed by atoms with Crippen LogP contribution in [-0.4, -0.2) is 0 Å². The predicted octanol–water partition coefficient (Wildman–Crippen LogP) is 1.28. The number of nitriles is 1. The molecular formula is C10H13N3. The smallest absolute Gasteiger partial charge is 0.0991 e. The van der Waals surface area contributed by atoms with Gasteiger partial charge in [-0.25, -0.2) is 0 Å². The summed E-state index contributed by atoms with van der Waals surface area (Å²) in [6.45, 7) is 6.00. The minimum absolute atomic E-state index is 0.497. The Bertz CT molecular complexity index is 299. The van der Waals surface area contributed by atoms with E-state index < -0.39 is 6.17 Å². The Morgan fingerprint density at radius 1 is 1.31 bits per heavy atom. The molecular weight excluding hydrogens is 162 g/mol. The third kappa shape index (κ3) is 3.52. The largest absolute Gasteiger partial charge is 0.312 e. The van der Waals surface area contributed by atoms with Crippen molar-refractivity contribution in [3.05, 3.63) is 48.6 Å². The van der Waals surface area contributed by atoms with E-state index >= 15 is 0 Å². The van der Waals surface area contributed by atoms with Crippen LogP contribution in [0.2, 0.25) is 0 Å². The fraction of sp³-hybridized carbons (Fsp3) is 0.100. The van der Waals surface area contributed by atoms with E-state index in [2.05, 4.69) is 13.2 Å². The van der Waals surface area contributed by atoms with Crippen molar-refractivity contribution in [3.63, 3.8) is 0 Å². The Hall–Kier alpha value is -1.63. The molecule has 13 heavy (non-hydrogen) atoms. The SMILES string of the molecule is C=C.N#Cc1cccc(C(N)N)c1. The first-order valence-corrected chi connectivity index (χ1v) is 3.75. The Balaban J connectivity index is 0.000000671. The minimum Gasteiger partial charge on any atom is -0.312 e. The van der Waals surface area contributed by atoms with Crippen molar-refractivity contribution in [3.8, 4) is 6.07 Å². The summed E-state index contributed by atoms with van der Waals surface area (Å²) in [5.74, 6) is 0. The van der Waals surface area contributed by atoms with Gasteiger partial charge in [0.05, 0.1) is 17.8 Å². The van der Waals surface area contributed by atoms with E-state index in [0.29, 0.717) is 5.56 Å². The molecule has 4 N–H and O–H groups in total. The molecule has 0 amide bonds. The van der Waals surface area contributed by atoms with Gasteiger partial charge in [-0.15, -0.1) is 13.2 Å². The molecule has 0 fully saturated rings. The van der Waals surface area contributed by atoms with E-state index in [-0.39, 0.29) is 0 Å². The molecule has 0 heterocycles. The molecule has 0 saturated carbocycles. The Morgan fingerprint density at radius 2 is 1.92 bits per heavy atom. The van der Waals surface area contributed by atoms with Gasteiger partial charge < -0.3 is 11.5 Å². The quantitative estimate of drug-likeness (QED) is 0.498. The molecule has 68 valence electrons. The fourth-order valence-electron chi connectivity index (χ4n) is 0.816. The second kappa shape index (κ2) is 5.95. The van der Waals surface area contributed by atoms with E-state index in [1.165, 1.54) is 0 Å². The molecule has 0 spiro atoms. The molecule has 1 aromatic rings. The summed E-state index contributed by atoms with van der Waals surface area (Å²) in [5.41, 5.74) is 12.2. The van der Waals surface area contributed by atoms with Crippen molar-refractivity contribution >= 4 is 0 Å². The summed E-state index contributed by atoms with van der Waals surface area (Å²) in [6, 6.07) is 8.97. The van der Waals surface area contributed by atoms with Crippen molar-refractivity contribution in [2.45, 2.75) is 6.17 Å². The monoisotopic (exact) mass is 175 g/mol.